The lowest BCUT2D eigenvalue weighted by Gasteiger charge is -2.20. The topological polar surface area (TPSA) is 81.7 Å². The van der Waals surface area contributed by atoms with Gasteiger partial charge in [-0.15, -0.1) is 0 Å². The number of carbonyl (C=O) groups is 1. The molecular weight excluding hydrogens is 409 g/mol. The van der Waals surface area contributed by atoms with Crippen molar-refractivity contribution < 1.29 is 27.1 Å². The Morgan fingerprint density at radius 3 is 2.47 bits per heavy atom. The van der Waals surface area contributed by atoms with E-state index in [1.165, 1.54) is 43.3 Å². The van der Waals surface area contributed by atoms with E-state index in [9.17, 15) is 17.6 Å². The summed E-state index contributed by atoms with van der Waals surface area (Å²) < 4.78 is 50.0. The molecule has 30 heavy (non-hydrogen) atoms. The number of carbonyl (C=O) groups excluding carboxylic acids is 1. The lowest BCUT2D eigenvalue weighted by atomic mass is 10.0. The summed E-state index contributed by atoms with van der Waals surface area (Å²) in [5.41, 5.74) is 0.648. The van der Waals surface area contributed by atoms with Gasteiger partial charge >= 0.3 is 5.97 Å². The molecule has 0 saturated heterocycles. The van der Waals surface area contributed by atoms with Crippen LogP contribution >= 0.6 is 0 Å². The molecule has 0 saturated carbocycles. The highest BCUT2D eigenvalue weighted by Crippen LogP contribution is 2.13. The van der Waals surface area contributed by atoms with Crippen molar-refractivity contribution in [3.05, 3.63) is 41.7 Å². The Balaban J connectivity index is 2.64. The maximum Gasteiger partial charge on any atom is 0.331 e. The molecule has 0 radical (unpaired) electrons. The van der Waals surface area contributed by atoms with Gasteiger partial charge in [0.25, 0.3) is 0 Å². The predicted octanol–water partition coefficient (Wildman–Crippen LogP) is 3.92. The Kier molecular flexibility index (Phi) is 12.5. The SMILES string of the molecule is CCCCC(CC)COCC(CNS(=O)(=O)CC)OC(=O)/C=C/c1ccc(F)cc1. The van der Waals surface area contributed by atoms with Crippen LogP contribution in [0.15, 0.2) is 30.3 Å². The van der Waals surface area contributed by atoms with Gasteiger partial charge in [-0.05, 0) is 43.0 Å². The van der Waals surface area contributed by atoms with Gasteiger partial charge in [0.15, 0.2) is 0 Å². The maximum atomic E-state index is 13.0. The zero-order valence-electron chi connectivity index (χ0n) is 18.1. The summed E-state index contributed by atoms with van der Waals surface area (Å²) >= 11 is 0. The van der Waals surface area contributed by atoms with E-state index < -0.39 is 22.1 Å². The summed E-state index contributed by atoms with van der Waals surface area (Å²) in [6, 6.07) is 5.67. The van der Waals surface area contributed by atoms with Crippen LogP contribution < -0.4 is 4.72 Å². The summed E-state index contributed by atoms with van der Waals surface area (Å²) in [5, 5.41) is 0. The Labute approximate surface area is 179 Å². The number of ether oxygens (including phenoxy) is 2. The molecule has 0 aromatic heterocycles. The van der Waals surface area contributed by atoms with Gasteiger partial charge in [0, 0.05) is 19.2 Å². The van der Waals surface area contributed by atoms with Crippen molar-refractivity contribution in [2.45, 2.75) is 52.6 Å². The molecule has 0 amide bonds. The molecule has 8 heteroatoms. The molecular formula is C22H34FNO5S. The molecule has 0 spiro atoms. The van der Waals surface area contributed by atoms with E-state index in [0.29, 0.717) is 18.1 Å². The van der Waals surface area contributed by atoms with Gasteiger partial charge in [-0.25, -0.2) is 22.3 Å². The minimum atomic E-state index is -3.42. The highest BCUT2D eigenvalue weighted by Gasteiger charge is 2.18. The molecule has 1 N–H and O–H groups in total. The molecule has 0 aliphatic heterocycles. The largest absolute Gasteiger partial charge is 0.455 e. The van der Waals surface area contributed by atoms with Crippen LogP contribution in [0, 0.1) is 11.7 Å². The molecule has 0 fully saturated rings. The molecule has 1 aromatic carbocycles. The minimum absolute atomic E-state index is 0.0575. The number of hydrogen-bond acceptors (Lipinski definition) is 5. The van der Waals surface area contributed by atoms with Gasteiger partial charge in [0.05, 0.1) is 12.4 Å². The number of esters is 1. The first-order valence-corrected chi connectivity index (χ1v) is 12.1. The van der Waals surface area contributed by atoms with Crippen molar-refractivity contribution >= 4 is 22.1 Å². The summed E-state index contributed by atoms with van der Waals surface area (Å²) in [4.78, 5) is 12.2. The van der Waals surface area contributed by atoms with E-state index in [1.54, 1.807) is 0 Å². The fourth-order valence-corrected chi connectivity index (χ4v) is 3.31. The zero-order valence-corrected chi connectivity index (χ0v) is 18.9. The van der Waals surface area contributed by atoms with Gasteiger partial charge in [-0.1, -0.05) is 45.2 Å². The Bertz CT molecular complexity index is 749. The second-order valence-corrected chi connectivity index (χ2v) is 9.25. The number of benzene rings is 1. The first-order valence-electron chi connectivity index (χ1n) is 10.5. The molecule has 170 valence electrons. The van der Waals surface area contributed by atoms with Gasteiger partial charge in [0.1, 0.15) is 11.9 Å². The third kappa shape index (κ3) is 11.4. The molecule has 0 heterocycles. The first kappa shape index (κ1) is 26.3. The Morgan fingerprint density at radius 1 is 1.17 bits per heavy atom. The summed E-state index contributed by atoms with van der Waals surface area (Å²) in [7, 11) is -3.42. The number of unbranched alkanes of at least 4 members (excludes halogenated alkanes) is 1. The predicted molar refractivity (Wildman–Crippen MR) is 117 cm³/mol. The maximum absolute atomic E-state index is 13.0. The zero-order chi connectivity index (χ0) is 22.4. The quantitative estimate of drug-likeness (QED) is 0.328. The van der Waals surface area contributed by atoms with Crippen LogP contribution in [0.2, 0.25) is 0 Å². The number of hydrogen-bond donors (Lipinski definition) is 1. The van der Waals surface area contributed by atoms with E-state index in [-0.39, 0.29) is 24.7 Å². The summed E-state index contributed by atoms with van der Waals surface area (Å²) in [6.45, 7) is 6.36. The summed E-state index contributed by atoms with van der Waals surface area (Å²) in [5.74, 6) is -0.624. The van der Waals surface area contributed by atoms with E-state index in [0.717, 1.165) is 25.7 Å². The molecule has 6 nitrogen and oxygen atoms in total. The van der Waals surface area contributed by atoms with Crippen LogP contribution in [0.4, 0.5) is 4.39 Å². The second-order valence-electron chi connectivity index (χ2n) is 7.15. The van der Waals surface area contributed by atoms with Crippen LogP contribution in [-0.4, -0.2) is 46.0 Å². The van der Waals surface area contributed by atoms with Crippen LogP contribution in [0.3, 0.4) is 0 Å². The minimum Gasteiger partial charge on any atom is -0.455 e. The molecule has 0 bridgehead atoms. The van der Waals surface area contributed by atoms with Crippen molar-refractivity contribution in [3.63, 3.8) is 0 Å². The van der Waals surface area contributed by atoms with E-state index in [4.69, 9.17) is 9.47 Å². The monoisotopic (exact) mass is 443 g/mol. The van der Waals surface area contributed by atoms with Gasteiger partial charge in [0.2, 0.25) is 10.0 Å². The van der Waals surface area contributed by atoms with E-state index in [1.807, 2.05) is 0 Å². The third-order valence-corrected chi connectivity index (χ3v) is 6.04. The van der Waals surface area contributed by atoms with Crippen molar-refractivity contribution in [2.75, 3.05) is 25.5 Å². The molecule has 1 rings (SSSR count). The standard InChI is InChI=1S/C22H34FNO5S/c1-4-7-8-18(5-2)16-28-17-21(15-24-30(26,27)6-3)29-22(25)14-11-19-9-12-20(23)13-10-19/h9-14,18,21,24H,4-8,15-17H2,1-3H3/b14-11+. The molecule has 2 unspecified atom stereocenters. The number of rotatable bonds is 15. The van der Waals surface area contributed by atoms with E-state index >= 15 is 0 Å². The van der Waals surface area contributed by atoms with Crippen LogP contribution in [0.5, 0.6) is 0 Å². The van der Waals surface area contributed by atoms with Crippen LogP contribution in [0.1, 0.15) is 52.0 Å². The van der Waals surface area contributed by atoms with Crippen molar-refractivity contribution in [1.82, 2.24) is 4.72 Å². The fourth-order valence-electron chi connectivity index (χ4n) is 2.66. The summed E-state index contributed by atoms with van der Waals surface area (Å²) in [6.07, 6.45) is 6.30. The Morgan fingerprint density at radius 2 is 1.87 bits per heavy atom. The van der Waals surface area contributed by atoms with E-state index in [2.05, 4.69) is 18.6 Å². The van der Waals surface area contributed by atoms with Gasteiger partial charge < -0.3 is 9.47 Å². The van der Waals surface area contributed by atoms with Crippen molar-refractivity contribution in [2.24, 2.45) is 5.92 Å². The normalized spacial score (nSPS) is 14.0. The first-order chi connectivity index (χ1) is 14.3. The number of sulfonamides is 1. The lowest BCUT2D eigenvalue weighted by molar-refractivity contribution is -0.145. The molecule has 0 aliphatic rings. The molecule has 0 aliphatic carbocycles. The van der Waals surface area contributed by atoms with Gasteiger partial charge in [-0.2, -0.15) is 0 Å². The average molecular weight is 444 g/mol. The molecule has 1 aromatic rings. The van der Waals surface area contributed by atoms with Crippen LogP contribution in [-0.2, 0) is 24.3 Å². The second kappa shape index (κ2) is 14.3. The van der Waals surface area contributed by atoms with Crippen LogP contribution in [0.25, 0.3) is 6.08 Å². The van der Waals surface area contributed by atoms with Crippen molar-refractivity contribution in [1.29, 1.82) is 0 Å². The van der Waals surface area contributed by atoms with Crippen molar-refractivity contribution in [3.8, 4) is 0 Å². The van der Waals surface area contributed by atoms with Gasteiger partial charge in [-0.3, -0.25) is 0 Å². The fraction of sp³-hybridized carbons (Fsp3) is 0.591. The third-order valence-electron chi connectivity index (χ3n) is 4.68. The Hall–Kier alpha value is -1.77. The average Bonchev–Trinajstić information content (AvgIpc) is 2.73. The lowest BCUT2D eigenvalue weighted by Crippen LogP contribution is -2.38. The highest BCUT2D eigenvalue weighted by molar-refractivity contribution is 7.89. The molecule has 2 atom stereocenters. The number of halogens is 1. The number of nitrogens with one attached hydrogen (secondary N) is 1. The highest BCUT2D eigenvalue weighted by atomic mass is 32.2. The smallest absolute Gasteiger partial charge is 0.331 e.